The summed E-state index contributed by atoms with van der Waals surface area (Å²) in [4.78, 5) is 14.1. The van der Waals surface area contributed by atoms with E-state index in [9.17, 15) is 10.1 Å². The molecule has 1 aromatic rings. The van der Waals surface area contributed by atoms with Crippen LogP contribution in [-0.4, -0.2) is 29.5 Å². The van der Waals surface area contributed by atoms with Crippen molar-refractivity contribution >= 4 is 11.5 Å². The molecule has 0 aliphatic rings. The molecular weight excluding hydrogens is 208 g/mol. The summed E-state index contributed by atoms with van der Waals surface area (Å²) < 4.78 is 0. The first-order chi connectivity index (χ1) is 7.54. The van der Waals surface area contributed by atoms with E-state index in [0.29, 0.717) is 17.4 Å². The quantitative estimate of drug-likeness (QED) is 0.582. The van der Waals surface area contributed by atoms with Gasteiger partial charge < -0.3 is 10.6 Å². The molecule has 0 aliphatic heterocycles. The van der Waals surface area contributed by atoms with Gasteiger partial charge in [-0.3, -0.25) is 10.1 Å². The number of hydrogen-bond donors (Lipinski definition) is 2. The van der Waals surface area contributed by atoms with E-state index in [1.165, 1.54) is 6.20 Å². The van der Waals surface area contributed by atoms with E-state index in [1.54, 1.807) is 13.0 Å². The Morgan fingerprint density at radius 3 is 2.81 bits per heavy atom. The molecule has 0 aromatic carbocycles. The minimum absolute atomic E-state index is 0.0483. The number of aryl methyl sites for hydroxylation is 1. The highest BCUT2D eigenvalue weighted by molar-refractivity contribution is 5.46. The van der Waals surface area contributed by atoms with E-state index in [1.807, 2.05) is 14.0 Å². The Bertz CT molecular complexity index is 381. The molecule has 2 N–H and O–H groups in total. The molecule has 0 spiro atoms. The number of nitrogens with zero attached hydrogens (tertiary/aromatic N) is 2. The lowest BCUT2D eigenvalue weighted by Gasteiger charge is -2.11. The second-order valence-electron chi connectivity index (χ2n) is 3.68. The summed E-state index contributed by atoms with van der Waals surface area (Å²) in [5.41, 5.74) is 0.659. The standard InChI is InChI=1S/C10H16N4O2/c1-7-4-10(12-5-8(2)11-3)13-6-9(7)14(15)16/h4,6,8,11H,5H2,1-3H3,(H,12,13). The summed E-state index contributed by atoms with van der Waals surface area (Å²) in [6.07, 6.45) is 1.28. The molecule has 0 amide bonds. The summed E-state index contributed by atoms with van der Waals surface area (Å²) in [6, 6.07) is 2.00. The Kier molecular flexibility index (Phi) is 4.19. The molecule has 0 bridgehead atoms. The predicted molar refractivity (Wildman–Crippen MR) is 62.6 cm³/mol. The third-order valence-electron chi connectivity index (χ3n) is 2.36. The highest BCUT2D eigenvalue weighted by Crippen LogP contribution is 2.18. The second-order valence-corrected chi connectivity index (χ2v) is 3.68. The van der Waals surface area contributed by atoms with Crippen LogP contribution in [0.2, 0.25) is 0 Å². The summed E-state index contributed by atoms with van der Waals surface area (Å²) in [6.45, 7) is 4.46. The highest BCUT2D eigenvalue weighted by Gasteiger charge is 2.11. The maximum atomic E-state index is 10.6. The summed E-state index contributed by atoms with van der Waals surface area (Å²) >= 11 is 0. The molecule has 0 saturated heterocycles. The van der Waals surface area contributed by atoms with Crippen LogP contribution in [0.15, 0.2) is 12.3 Å². The van der Waals surface area contributed by atoms with Gasteiger partial charge in [-0.25, -0.2) is 4.98 Å². The zero-order chi connectivity index (χ0) is 12.1. The minimum Gasteiger partial charge on any atom is -0.369 e. The Morgan fingerprint density at radius 2 is 2.31 bits per heavy atom. The third-order valence-corrected chi connectivity index (χ3v) is 2.36. The van der Waals surface area contributed by atoms with Crippen LogP contribution in [0.1, 0.15) is 12.5 Å². The Labute approximate surface area is 94.2 Å². The molecule has 1 rings (SSSR count). The molecule has 0 radical (unpaired) electrons. The summed E-state index contributed by atoms with van der Waals surface area (Å²) in [7, 11) is 1.88. The fourth-order valence-corrected chi connectivity index (χ4v) is 1.20. The molecule has 6 nitrogen and oxygen atoms in total. The smallest absolute Gasteiger partial charge is 0.290 e. The lowest BCUT2D eigenvalue weighted by molar-refractivity contribution is -0.385. The van der Waals surface area contributed by atoms with Crippen LogP contribution < -0.4 is 10.6 Å². The largest absolute Gasteiger partial charge is 0.369 e. The molecule has 1 unspecified atom stereocenters. The number of pyridine rings is 1. The summed E-state index contributed by atoms with van der Waals surface area (Å²) in [5, 5.41) is 16.8. The van der Waals surface area contributed by atoms with Crippen LogP contribution in [0.5, 0.6) is 0 Å². The Morgan fingerprint density at radius 1 is 1.62 bits per heavy atom. The first-order valence-electron chi connectivity index (χ1n) is 5.06. The van der Waals surface area contributed by atoms with Crippen molar-refractivity contribution in [1.82, 2.24) is 10.3 Å². The first kappa shape index (κ1) is 12.4. The number of nitrogens with one attached hydrogen (secondary N) is 2. The minimum atomic E-state index is -0.428. The van der Waals surface area contributed by atoms with Gasteiger partial charge in [0.05, 0.1) is 4.92 Å². The van der Waals surface area contributed by atoms with Gasteiger partial charge in [-0.15, -0.1) is 0 Å². The van der Waals surface area contributed by atoms with Crippen molar-refractivity contribution in [3.8, 4) is 0 Å². The van der Waals surface area contributed by atoms with Crippen LogP contribution in [0, 0.1) is 17.0 Å². The molecule has 88 valence electrons. The van der Waals surface area contributed by atoms with Crippen molar-refractivity contribution < 1.29 is 4.92 Å². The molecule has 0 aliphatic carbocycles. The van der Waals surface area contributed by atoms with Gasteiger partial charge in [-0.05, 0) is 27.0 Å². The van der Waals surface area contributed by atoms with Crippen LogP contribution >= 0.6 is 0 Å². The number of aromatic nitrogens is 1. The molecule has 0 fully saturated rings. The molecule has 0 saturated carbocycles. The fourth-order valence-electron chi connectivity index (χ4n) is 1.20. The fraction of sp³-hybridized carbons (Fsp3) is 0.500. The van der Waals surface area contributed by atoms with Crippen molar-refractivity contribution in [1.29, 1.82) is 0 Å². The van der Waals surface area contributed by atoms with Crippen molar-refractivity contribution in [3.05, 3.63) is 27.9 Å². The number of hydrogen-bond acceptors (Lipinski definition) is 5. The molecule has 1 aromatic heterocycles. The van der Waals surface area contributed by atoms with Crippen molar-refractivity contribution in [2.45, 2.75) is 19.9 Å². The summed E-state index contributed by atoms with van der Waals surface area (Å²) in [5.74, 6) is 0.658. The number of rotatable bonds is 5. The maximum absolute atomic E-state index is 10.6. The topological polar surface area (TPSA) is 80.1 Å². The van der Waals surface area contributed by atoms with E-state index in [0.717, 1.165) is 6.54 Å². The van der Waals surface area contributed by atoms with Gasteiger partial charge in [-0.2, -0.15) is 0 Å². The molecule has 1 atom stereocenters. The Hall–Kier alpha value is -1.69. The number of nitro groups is 1. The average molecular weight is 224 g/mol. The van der Waals surface area contributed by atoms with Crippen LogP contribution in [0.3, 0.4) is 0 Å². The van der Waals surface area contributed by atoms with Gasteiger partial charge in [-0.1, -0.05) is 0 Å². The lowest BCUT2D eigenvalue weighted by atomic mass is 10.2. The Balaban J connectivity index is 2.70. The monoisotopic (exact) mass is 224 g/mol. The van der Waals surface area contributed by atoms with Crippen molar-refractivity contribution in [2.75, 3.05) is 18.9 Å². The van der Waals surface area contributed by atoms with Gasteiger partial charge in [0.25, 0.3) is 5.69 Å². The van der Waals surface area contributed by atoms with E-state index in [-0.39, 0.29) is 5.69 Å². The number of likely N-dealkylation sites (N-methyl/N-ethyl adjacent to an activating group) is 1. The normalized spacial score (nSPS) is 12.2. The van der Waals surface area contributed by atoms with E-state index < -0.39 is 4.92 Å². The average Bonchev–Trinajstić information content (AvgIpc) is 2.25. The van der Waals surface area contributed by atoms with Gasteiger partial charge in [0.1, 0.15) is 12.0 Å². The SMILES string of the molecule is CNC(C)CNc1cc(C)c([N+](=O)[O-])cn1. The van der Waals surface area contributed by atoms with Crippen molar-refractivity contribution in [3.63, 3.8) is 0 Å². The second kappa shape index (κ2) is 5.41. The maximum Gasteiger partial charge on any atom is 0.290 e. The molecular formula is C10H16N4O2. The van der Waals surface area contributed by atoms with Crippen LogP contribution in [0.25, 0.3) is 0 Å². The molecule has 16 heavy (non-hydrogen) atoms. The zero-order valence-electron chi connectivity index (χ0n) is 9.65. The third kappa shape index (κ3) is 3.16. The van der Waals surface area contributed by atoms with E-state index in [4.69, 9.17) is 0 Å². The lowest BCUT2D eigenvalue weighted by Crippen LogP contribution is -2.29. The first-order valence-corrected chi connectivity index (χ1v) is 5.06. The van der Waals surface area contributed by atoms with Gasteiger partial charge >= 0.3 is 0 Å². The van der Waals surface area contributed by atoms with Gasteiger partial charge in [0.2, 0.25) is 0 Å². The van der Waals surface area contributed by atoms with Gasteiger partial charge in [0, 0.05) is 18.2 Å². The molecule has 1 heterocycles. The van der Waals surface area contributed by atoms with Crippen LogP contribution in [-0.2, 0) is 0 Å². The molecule has 6 heteroatoms. The highest BCUT2D eigenvalue weighted by atomic mass is 16.6. The van der Waals surface area contributed by atoms with E-state index in [2.05, 4.69) is 15.6 Å². The van der Waals surface area contributed by atoms with Crippen molar-refractivity contribution in [2.24, 2.45) is 0 Å². The predicted octanol–water partition coefficient (Wildman–Crippen LogP) is 1.32. The zero-order valence-corrected chi connectivity index (χ0v) is 9.65. The van der Waals surface area contributed by atoms with E-state index >= 15 is 0 Å². The number of anilines is 1. The van der Waals surface area contributed by atoms with Gasteiger partial charge in [0.15, 0.2) is 0 Å². The van der Waals surface area contributed by atoms with Crippen LogP contribution in [0.4, 0.5) is 11.5 Å².